The van der Waals surface area contributed by atoms with Crippen molar-refractivity contribution >= 4 is 23.4 Å². The number of benzene rings is 1. The Morgan fingerprint density at radius 2 is 1.73 bits per heavy atom. The summed E-state index contributed by atoms with van der Waals surface area (Å²) in [6.45, 7) is 1.49. The molecule has 0 spiro atoms. The third-order valence-corrected chi connectivity index (χ3v) is 9.08. The molecule has 1 heterocycles. The van der Waals surface area contributed by atoms with Crippen LogP contribution in [-0.4, -0.2) is 45.8 Å². The number of imide groups is 1. The first-order valence-electron chi connectivity index (χ1n) is 13.6. The van der Waals surface area contributed by atoms with Gasteiger partial charge in [0.2, 0.25) is 11.8 Å². The van der Waals surface area contributed by atoms with Gasteiger partial charge in [-0.2, -0.15) is 0 Å². The Labute approximate surface area is 228 Å². The number of likely N-dealkylation sites (tertiary alicyclic amines) is 1. The average molecular weight is 556 g/mol. The molecular weight excluding hydrogens is 527 g/mol. The van der Waals surface area contributed by atoms with E-state index in [1.807, 2.05) is 0 Å². The summed E-state index contributed by atoms with van der Waals surface area (Å²) in [5.41, 5.74) is 0.967. The lowest BCUT2D eigenvalue weighted by atomic mass is 9.59. The van der Waals surface area contributed by atoms with E-state index >= 15 is 0 Å². The van der Waals surface area contributed by atoms with Gasteiger partial charge in [0.05, 0.1) is 11.8 Å². The van der Waals surface area contributed by atoms with Crippen molar-refractivity contribution in [3.8, 4) is 11.5 Å². The molecule has 5 aliphatic rings. The number of hydrogen-bond acceptors (Lipinski definition) is 6. The van der Waals surface area contributed by atoms with Crippen LogP contribution < -0.4 is 4.74 Å². The molecule has 2 fully saturated rings. The molecule has 10 heteroatoms. The van der Waals surface area contributed by atoms with E-state index in [4.69, 9.17) is 0 Å². The SMILES string of the molecule is CC1=CC(=O)C2=C(C1=O)[C@@H](c1cc(OC(F)(F)F)ccc1O)C1=CC[C@@H]3C(=O)N(C4CCCCC4)C(=O)[C@@H]3[C@@H]1C2. The first-order valence-corrected chi connectivity index (χ1v) is 13.6. The van der Waals surface area contributed by atoms with Gasteiger partial charge in [0, 0.05) is 34.2 Å². The van der Waals surface area contributed by atoms with Crippen LogP contribution in [0.2, 0.25) is 0 Å². The van der Waals surface area contributed by atoms with Gasteiger partial charge in [0.1, 0.15) is 11.5 Å². The standard InChI is InChI=1S/C30H28F3NO6/c1-14-11-23(36)21-13-19-17(8-9-18-25(19)29(39)34(28(18)38)15-5-3-2-4-6-15)24(26(21)27(14)37)20-12-16(7-10-22(20)35)40-30(31,32)33/h7-8,10-12,15,18-19,24-25,35H,2-6,9,13H2,1H3/t18-,19+,24+,25-/m0/s1. The Morgan fingerprint density at radius 3 is 2.42 bits per heavy atom. The fraction of sp³-hybridized carbons (Fsp3) is 0.467. The van der Waals surface area contributed by atoms with Gasteiger partial charge in [-0.1, -0.05) is 30.9 Å². The van der Waals surface area contributed by atoms with Gasteiger partial charge >= 0.3 is 6.36 Å². The number of ether oxygens (including phenoxy) is 1. The van der Waals surface area contributed by atoms with Gasteiger partial charge in [-0.25, -0.2) is 0 Å². The van der Waals surface area contributed by atoms with E-state index < -0.39 is 47.3 Å². The molecule has 210 valence electrons. The number of aromatic hydroxyl groups is 1. The van der Waals surface area contributed by atoms with Crippen LogP contribution in [0.5, 0.6) is 11.5 Å². The van der Waals surface area contributed by atoms with Crippen LogP contribution in [0.1, 0.15) is 63.4 Å². The van der Waals surface area contributed by atoms with Crippen molar-refractivity contribution in [2.24, 2.45) is 17.8 Å². The minimum Gasteiger partial charge on any atom is -0.508 e. The predicted molar refractivity (Wildman–Crippen MR) is 135 cm³/mol. The summed E-state index contributed by atoms with van der Waals surface area (Å²) in [6, 6.07) is 2.88. The Hall–Kier alpha value is -3.69. The van der Waals surface area contributed by atoms with E-state index in [-0.39, 0.29) is 58.7 Å². The molecule has 4 atom stereocenters. The molecule has 1 saturated heterocycles. The summed E-state index contributed by atoms with van der Waals surface area (Å²) in [5.74, 6) is -5.39. The average Bonchev–Trinajstić information content (AvgIpc) is 3.16. The number of allylic oxidation sites excluding steroid dienone is 6. The molecule has 1 N–H and O–H groups in total. The number of amides is 2. The van der Waals surface area contributed by atoms with Gasteiger partial charge in [-0.05, 0) is 62.8 Å². The molecular formula is C30H28F3NO6. The Balaban J connectivity index is 1.47. The zero-order chi connectivity index (χ0) is 28.5. The Kier molecular flexibility index (Phi) is 6.27. The fourth-order valence-electron chi connectivity index (χ4n) is 7.40. The minimum absolute atomic E-state index is 0.0274. The monoisotopic (exact) mass is 555 g/mol. The third kappa shape index (κ3) is 4.19. The highest BCUT2D eigenvalue weighted by Crippen LogP contribution is 2.56. The molecule has 6 rings (SSSR count). The maximum Gasteiger partial charge on any atom is 0.573 e. The molecule has 0 unspecified atom stereocenters. The predicted octanol–water partition coefficient (Wildman–Crippen LogP) is 5.05. The number of Topliss-reactive ketones (excluding diaryl/α,β-unsaturated/α-hetero) is 1. The van der Waals surface area contributed by atoms with Crippen molar-refractivity contribution in [2.75, 3.05) is 0 Å². The number of nitrogens with zero attached hydrogens (tertiary/aromatic N) is 1. The zero-order valence-corrected chi connectivity index (χ0v) is 21.8. The highest BCUT2D eigenvalue weighted by molar-refractivity contribution is 6.24. The smallest absolute Gasteiger partial charge is 0.508 e. The molecule has 0 radical (unpaired) electrons. The van der Waals surface area contributed by atoms with Gasteiger partial charge < -0.3 is 9.84 Å². The van der Waals surface area contributed by atoms with Crippen LogP contribution >= 0.6 is 0 Å². The topological polar surface area (TPSA) is 101 Å². The van der Waals surface area contributed by atoms with Crippen molar-refractivity contribution in [3.05, 3.63) is 58.2 Å². The van der Waals surface area contributed by atoms with Crippen molar-refractivity contribution in [1.82, 2.24) is 4.90 Å². The second-order valence-corrected chi connectivity index (χ2v) is 11.3. The first-order chi connectivity index (χ1) is 19.0. The number of carbonyl (C=O) groups is 4. The number of fused-ring (bicyclic) bond motifs is 3. The van der Waals surface area contributed by atoms with Crippen LogP contribution in [0, 0.1) is 17.8 Å². The molecule has 1 aromatic rings. The number of alkyl halides is 3. The summed E-state index contributed by atoms with van der Waals surface area (Å²) >= 11 is 0. The van der Waals surface area contributed by atoms with Crippen LogP contribution in [0.4, 0.5) is 13.2 Å². The summed E-state index contributed by atoms with van der Waals surface area (Å²) in [6.07, 6.45) is 2.71. The first kappa shape index (κ1) is 26.5. The van der Waals surface area contributed by atoms with Crippen LogP contribution in [-0.2, 0) is 19.2 Å². The summed E-state index contributed by atoms with van der Waals surface area (Å²) < 4.78 is 43.2. The second kappa shape index (κ2) is 9.45. The van der Waals surface area contributed by atoms with E-state index in [9.17, 15) is 37.5 Å². The van der Waals surface area contributed by atoms with Crippen molar-refractivity contribution in [1.29, 1.82) is 0 Å². The van der Waals surface area contributed by atoms with Crippen molar-refractivity contribution in [3.63, 3.8) is 0 Å². The highest BCUT2D eigenvalue weighted by Gasteiger charge is 2.57. The lowest BCUT2D eigenvalue weighted by Gasteiger charge is -2.42. The summed E-state index contributed by atoms with van der Waals surface area (Å²) in [7, 11) is 0. The van der Waals surface area contributed by atoms with E-state index in [1.165, 1.54) is 17.9 Å². The largest absolute Gasteiger partial charge is 0.573 e. The Bertz CT molecular complexity index is 1430. The number of halogens is 3. The second-order valence-electron chi connectivity index (χ2n) is 11.3. The lowest BCUT2D eigenvalue weighted by Crippen LogP contribution is -2.43. The van der Waals surface area contributed by atoms with E-state index in [2.05, 4.69) is 4.74 Å². The van der Waals surface area contributed by atoms with Gasteiger partial charge in [-0.3, -0.25) is 24.1 Å². The molecule has 1 saturated carbocycles. The molecule has 4 aliphatic carbocycles. The minimum atomic E-state index is -4.99. The number of phenolic OH excluding ortho intramolecular Hbond substituents is 1. The molecule has 40 heavy (non-hydrogen) atoms. The number of carbonyl (C=O) groups excluding carboxylic acids is 4. The van der Waals surface area contributed by atoms with Gasteiger partial charge in [0.25, 0.3) is 0 Å². The van der Waals surface area contributed by atoms with Gasteiger partial charge in [0.15, 0.2) is 11.6 Å². The van der Waals surface area contributed by atoms with E-state index in [0.717, 1.165) is 50.3 Å². The number of phenols is 1. The number of ketones is 2. The molecule has 1 aromatic carbocycles. The fourth-order valence-corrected chi connectivity index (χ4v) is 7.40. The van der Waals surface area contributed by atoms with Crippen molar-refractivity contribution < 1.29 is 42.2 Å². The quantitative estimate of drug-likeness (QED) is 0.318. The maximum atomic E-state index is 13.9. The maximum absolute atomic E-state index is 13.9. The normalized spacial score (nSPS) is 29.1. The molecule has 2 amide bonds. The zero-order valence-electron chi connectivity index (χ0n) is 21.8. The number of hydrogen-bond donors (Lipinski definition) is 1. The van der Waals surface area contributed by atoms with Gasteiger partial charge in [-0.15, -0.1) is 13.2 Å². The lowest BCUT2D eigenvalue weighted by molar-refractivity contribution is -0.274. The molecule has 7 nitrogen and oxygen atoms in total. The molecule has 1 aliphatic heterocycles. The summed E-state index contributed by atoms with van der Waals surface area (Å²) in [5, 5.41) is 10.9. The van der Waals surface area contributed by atoms with Crippen molar-refractivity contribution in [2.45, 2.75) is 70.2 Å². The van der Waals surface area contributed by atoms with Crippen LogP contribution in [0.25, 0.3) is 0 Å². The number of rotatable bonds is 3. The van der Waals surface area contributed by atoms with Crippen LogP contribution in [0.15, 0.2) is 52.6 Å². The van der Waals surface area contributed by atoms with Crippen LogP contribution in [0.3, 0.4) is 0 Å². The third-order valence-electron chi connectivity index (χ3n) is 9.08. The summed E-state index contributed by atoms with van der Waals surface area (Å²) in [4.78, 5) is 55.5. The molecule has 0 bridgehead atoms. The Morgan fingerprint density at radius 1 is 1.00 bits per heavy atom. The van der Waals surface area contributed by atoms with E-state index in [1.54, 1.807) is 6.08 Å². The highest BCUT2D eigenvalue weighted by atomic mass is 19.4. The molecule has 0 aromatic heterocycles. The van der Waals surface area contributed by atoms with E-state index in [0.29, 0.717) is 5.57 Å².